The molecule has 0 aliphatic heterocycles. The lowest BCUT2D eigenvalue weighted by Crippen LogP contribution is -2.37. The molecule has 5 heteroatoms. The second kappa shape index (κ2) is 7.24. The molecule has 0 spiro atoms. The summed E-state index contributed by atoms with van der Waals surface area (Å²) in [6.07, 6.45) is -0.902. The van der Waals surface area contributed by atoms with Gasteiger partial charge in [0.2, 0.25) is 0 Å². The first kappa shape index (κ1) is 17.0. The first-order chi connectivity index (χ1) is 10.9. The lowest BCUT2D eigenvalue weighted by molar-refractivity contribution is 0.0852. The maximum Gasteiger partial charge on any atom is 0.251 e. The summed E-state index contributed by atoms with van der Waals surface area (Å²) in [5, 5.41) is 13.0. The lowest BCUT2D eigenvalue weighted by Gasteiger charge is -2.21. The summed E-state index contributed by atoms with van der Waals surface area (Å²) in [6.45, 7) is 1.71. The van der Waals surface area contributed by atoms with E-state index in [0.29, 0.717) is 11.1 Å². The van der Waals surface area contributed by atoms with Crippen molar-refractivity contribution in [2.75, 3.05) is 19.0 Å². The van der Waals surface area contributed by atoms with Gasteiger partial charge in [0.25, 0.3) is 5.91 Å². The van der Waals surface area contributed by atoms with Gasteiger partial charge in [-0.05, 0) is 48.9 Å². The van der Waals surface area contributed by atoms with Crippen LogP contribution >= 0.6 is 0 Å². The smallest absolute Gasteiger partial charge is 0.251 e. The summed E-state index contributed by atoms with van der Waals surface area (Å²) in [5.41, 5.74) is 2.08. The molecule has 1 amide bonds. The van der Waals surface area contributed by atoms with Crippen molar-refractivity contribution in [3.8, 4) is 0 Å². The first-order valence-electron chi connectivity index (χ1n) is 7.40. The van der Waals surface area contributed by atoms with Crippen LogP contribution in [0.5, 0.6) is 0 Å². The molecule has 0 aromatic heterocycles. The molecular weight excluding hydrogens is 295 g/mol. The van der Waals surface area contributed by atoms with E-state index < -0.39 is 12.1 Å². The van der Waals surface area contributed by atoms with Crippen molar-refractivity contribution in [3.63, 3.8) is 0 Å². The number of benzene rings is 2. The Morgan fingerprint density at radius 2 is 1.65 bits per heavy atom. The normalized spacial score (nSPS) is 13.3. The van der Waals surface area contributed by atoms with Crippen LogP contribution in [0.3, 0.4) is 0 Å². The Labute approximate surface area is 135 Å². The highest BCUT2D eigenvalue weighted by atomic mass is 19.1. The van der Waals surface area contributed by atoms with Crippen molar-refractivity contribution in [1.82, 2.24) is 5.32 Å². The second-order valence-electron chi connectivity index (χ2n) is 5.70. The van der Waals surface area contributed by atoms with Gasteiger partial charge in [-0.1, -0.05) is 12.1 Å². The van der Waals surface area contributed by atoms with Gasteiger partial charge in [-0.25, -0.2) is 4.39 Å². The fourth-order valence-corrected chi connectivity index (χ4v) is 2.23. The Bertz CT molecular complexity index is 654. The summed E-state index contributed by atoms with van der Waals surface area (Å²) in [7, 11) is 3.85. The van der Waals surface area contributed by atoms with Crippen molar-refractivity contribution in [2.24, 2.45) is 0 Å². The summed E-state index contributed by atoms with van der Waals surface area (Å²) in [6, 6.07) is 12.3. The maximum atomic E-state index is 12.9. The third-order valence-corrected chi connectivity index (χ3v) is 3.69. The number of carbonyl (C=O) groups excluding carboxylic acids is 1. The fraction of sp³-hybridized carbons (Fsp3) is 0.278. The minimum atomic E-state index is -0.902. The van der Waals surface area contributed by atoms with Gasteiger partial charge in [0, 0.05) is 25.3 Å². The van der Waals surface area contributed by atoms with Crippen LogP contribution in [0.1, 0.15) is 28.9 Å². The van der Waals surface area contributed by atoms with E-state index in [4.69, 9.17) is 0 Å². The first-order valence-corrected chi connectivity index (χ1v) is 7.40. The fourth-order valence-electron chi connectivity index (χ4n) is 2.23. The monoisotopic (exact) mass is 316 g/mol. The molecule has 2 rings (SSSR count). The molecule has 0 radical (unpaired) electrons. The number of aliphatic hydroxyl groups is 1. The van der Waals surface area contributed by atoms with Crippen LogP contribution in [0, 0.1) is 5.82 Å². The van der Waals surface area contributed by atoms with E-state index >= 15 is 0 Å². The minimum absolute atomic E-state index is 0.260. The molecule has 0 bridgehead atoms. The molecule has 2 atom stereocenters. The van der Waals surface area contributed by atoms with Gasteiger partial charge in [0.05, 0.1) is 12.1 Å². The minimum Gasteiger partial charge on any atom is -0.386 e. The van der Waals surface area contributed by atoms with Gasteiger partial charge in [0.15, 0.2) is 0 Å². The van der Waals surface area contributed by atoms with Crippen LogP contribution in [0.15, 0.2) is 48.5 Å². The zero-order valence-electron chi connectivity index (χ0n) is 13.5. The van der Waals surface area contributed by atoms with Crippen molar-refractivity contribution < 1.29 is 14.3 Å². The average molecular weight is 316 g/mol. The number of aliphatic hydroxyl groups excluding tert-OH is 1. The van der Waals surface area contributed by atoms with Gasteiger partial charge in [-0.2, -0.15) is 0 Å². The van der Waals surface area contributed by atoms with E-state index in [0.717, 1.165) is 5.69 Å². The largest absolute Gasteiger partial charge is 0.386 e. The summed E-state index contributed by atoms with van der Waals surface area (Å²) >= 11 is 0. The molecule has 122 valence electrons. The van der Waals surface area contributed by atoms with E-state index in [-0.39, 0.29) is 11.7 Å². The maximum absolute atomic E-state index is 12.9. The van der Waals surface area contributed by atoms with Crippen LogP contribution in [0.25, 0.3) is 0 Å². The van der Waals surface area contributed by atoms with Crippen LogP contribution in [-0.4, -0.2) is 31.2 Å². The van der Waals surface area contributed by atoms with Gasteiger partial charge in [-0.3, -0.25) is 4.79 Å². The average Bonchev–Trinajstić information content (AvgIpc) is 2.54. The number of hydrogen-bond acceptors (Lipinski definition) is 3. The highest BCUT2D eigenvalue weighted by Crippen LogP contribution is 2.18. The standard InChI is InChI=1S/C18H21FN2O2/c1-12(17(22)13-4-8-15(19)9-5-13)20-18(23)14-6-10-16(11-7-14)21(2)3/h4-12,17,22H,1-3H3,(H,20,23)/t12-,17+/m0/s1. The Kier molecular flexibility index (Phi) is 5.34. The Hall–Kier alpha value is -2.40. The zero-order chi connectivity index (χ0) is 17.0. The molecule has 0 fully saturated rings. The molecule has 2 N–H and O–H groups in total. The van der Waals surface area contributed by atoms with E-state index in [1.54, 1.807) is 19.1 Å². The number of halogens is 1. The van der Waals surface area contributed by atoms with E-state index in [1.807, 2.05) is 31.1 Å². The number of amides is 1. The Balaban J connectivity index is 2.02. The quantitative estimate of drug-likeness (QED) is 0.892. The highest BCUT2D eigenvalue weighted by molar-refractivity contribution is 5.94. The third kappa shape index (κ3) is 4.29. The number of nitrogens with zero attached hydrogens (tertiary/aromatic N) is 1. The Morgan fingerprint density at radius 3 is 2.17 bits per heavy atom. The number of nitrogens with one attached hydrogen (secondary N) is 1. The third-order valence-electron chi connectivity index (χ3n) is 3.69. The lowest BCUT2D eigenvalue weighted by atomic mass is 10.0. The molecule has 2 aromatic carbocycles. The zero-order valence-corrected chi connectivity index (χ0v) is 13.5. The number of carbonyl (C=O) groups is 1. The number of rotatable bonds is 5. The van der Waals surface area contributed by atoms with Gasteiger partial charge in [0.1, 0.15) is 5.82 Å². The van der Waals surface area contributed by atoms with Crippen molar-refractivity contribution in [1.29, 1.82) is 0 Å². The predicted molar refractivity (Wildman–Crippen MR) is 89.1 cm³/mol. The van der Waals surface area contributed by atoms with E-state index in [9.17, 15) is 14.3 Å². The molecular formula is C18H21FN2O2. The highest BCUT2D eigenvalue weighted by Gasteiger charge is 2.19. The van der Waals surface area contributed by atoms with Crippen LogP contribution in [-0.2, 0) is 0 Å². The molecule has 0 saturated heterocycles. The SMILES string of the molecule is C[C@H](NC(=O)c1ccc(N(C)C)cc1)[C@@H](O)c1ccc(F)cc1. The van der Waals surface area contributed by atoms with E-state index in [1.165, 1.54) is 24.3 Å². The van der Waals surface area contributed by atoms with Crippen molar-refractivity contribution in [3.05, 3.63) is 65.5 Å². The second-order valence-corrected chi connectivity index (χ2v) is 5.70. The van der Waals surface area contributed by atoms with Gasteiger partial charge >= 0.3 is 0 Å². The van der Waals surface area contributed by atoms with E-state index in [2.05, 4.69) is 5.32 Å². The van der Waals surface area contributed by atoms with Gasteiger partial charge in [-0.15, -0.1) is 0 Å². The molecule has 0 aliphatic carbocycles. The van der Waals surface area contributed by atoms with Crippen molar-refractivity contribution in [2.45, 2.75) is 19.1 Å². The molecule has 0 heterocycles. The summed E-state index contributed by atoms with van der Waals surface area (Å²) < 4.78 is 12.9. The number of anilines is 1. The molecule has 0 aliphatic rings. The molecule has 4 nitrogen and oxygen atoms in total. The molecule has 2 aromatic rings. The van der Waals surface area contributed by atoms with Crippen LogP contribution < -0.4 is 10.2 Å². The Morgan fingerprint density at radius 1 is 1.09 bits per heavy atom. The van der Waals surface area contributed by atoms with Crippen molar-refractivity contribution >= 4 is 11.6 Å². The molecule has 0 saturated carbocycles. The number of hydrogen-bond donors (Lipinski definition) is 2. The van der Waals surface area contributed by atoms with Crippen LogP contribution in [0.2, 0.25) is 0 Å². The topological polar surface area (TPSA) is 52.6 Å². The van der Waals surface area contributed by atoms with Crippen LogP contribution in [0.4, 0.5) is 10.1 Å². The molecule has 23 heavy (non-hydrogen) atoms. The predicted octanol–water partition coefficient (Wildman–Crippen LogP) is 2.74. The molecule has 0 unspecified atom stereocenters. The summed E-state index contributed by atoms with van der Waals surface area (Å²) in [4.78, 5) is 14.2. The van der Waals surface area contributed by atoms with Gasteiger partial charge < -0.3 is 15.3 Å². The summed E-state index contributed by atoms with van der Waals surface area (Å²) in [5.74, 6) is -0.623.